The van der Waals surface area contributed by atoms with Crippen molar-refractivity contribution in [2.45, 2.75) is 12.8 Å². The number of rotatable bonds is 3. The van der Waals surface area contributed by atoms with Crippen LogP contribution in [0.1, 0.15) is 18.4 Å². The van der Waals surface area contributed by atoms with Gasteiger partial charge in [0.05, 0.1) is 17.9 Å². The van der Waals surface area contributed by atoms with E-state index >= 15 is 0 Å². The SMILES string of the molecule is NC1=N[S+]([O-])Nc2cccc(OCC3CCOCC3)c21. The summed E-state index contributed by atoms with van der Waals surface area (Å²) in [7, 11) is 0. The molecule has 0 spiro atoms. The Kier molecular flexibility index (Phi) is 4.00. The average Bonchev–Trinajstić information content (AvgIpc) is 2.45. The van der Waals surface area contributed by atoms with Crippen LogP contribution in [-0.4, -0.2) is 30.2 Å². The maximum absolute atomic E-state index is 11.4. The van der Waals surface area contributed by atoms with Crippen LogP contribution < -0.4 is 15.2 Å². The van der Waals surface area contributed by atoms with Crippen LogP contribution in [0.4, 0.5) is 5.69 Å². The molecule has 1 saturated heterocycles. The minimum absolute atomic E-state index is 0.250. The van der Waals surface area contributed by atoms with Crippen molar-refractivity contribution < 1.29 is 14.0 Å². The van der Waals surface area contributed by atoms with Gasteiger partial charge in [-0.05, 0) is 35.3 Å². The van der Waals surface area contributed by atoms with E-state index in [2.05, 4.69) is 9.12 Å². The number of hydrogen-bond donors (Lipinski definition) is 2. The Morgan fingerprint density at radius 3 is 3.05 bits per heavy atom. The van der Waals surface area contributed by atoms with Gasteiger partial charge in [-0.3, -0.25) is 0 Å². The minimum Gasteiger partial charge on any atom is -0.566 e. The zero-order chi connectivity index (χ0) is 13.9. The van der Waals surface area contributed by atoms with Gasteiger partial charge in [-0.2, -0.15) is 4.72 Å². The van der Waals surface area contributed by atoms with Gasteiger partial charge >= 0.3 is 0 Å². The Balaban J connectivity index is 1.75. The second-order valence-electron chi connectivity index (χ2n) is 4.87. The summed E-state index contributed by atoms with van der Waals surface area (Å²) in [5.74, 6) is 1.43. The Morgan fingerprint density at radius 1 is 1.45 bits per heavy atom. The van der Waals surface area contributed by atoms with Crippen molar-refractivity contribution in [3.05, 3.63) is 23.8 Å². The predicted octanol–water partition coefficient (Wildman–Crippen LogP) is 1.20. The number of anilines is 1. The predicted molar refractivity (Wildman–Crippen MR) is 78.0 cm³/mol. The molecule has 2 aliphatic rings. The van der Waals surface area contributed by atoms with Crippen molar-refractivity contribution in [2.75, 3.05) is 24.5 Å². The number of hydrogen-bond acceptors (Lipinski definition) is 6. The molecule has 0 amide bonds. The number of nitrogens with two attached hydrogens (primary N) is 1. The molecule has 0 saturated carbocycles. The first-order valence-corrected chi connectivity index (χ1v) is 7.71. The van der Waals surface area contributed by atoms with Gasteiger partial charge in [0.2, 0.25) is 11.5 Å². The van der Waals surface area contributed by atoms with E-state index in [9.17, 15) is 4.55 Å². The van der Waals surface area contributed by atoms with Gasteiger partial charge in [-0.25, -0.2) is 0 Å². The first-order chi connectivity index (χ1) is 9.74. The normalized spacial score (nSPS) is 22.6. The number of benzene rings is 1. The quantitative estimate of drug-likeness (QED) is 0.818. The Morgan fingerprint density at radius 2 is 2.25 bits per heavy atom. The molecular weight excluding hydrogens is 278 g/mol. The first kappa shape index (κ1) is 13.5. The molecule has 0 radical (unpaired) electrons. The molecular formula is C13H17N3O3S. The van der Waals surface area contributed by atoms with E-state index in [0.717, 1.165) is 26.1 Å². The van der Waals surface area contributed by atoms with Crippen LogP contribution in [0.15, 0.2) is 22.6 Å². The third-order valence-electron chi connectivity index (χ3n) is 3.48. The van der Waals surface area contributed by atoms with E-state index in [1.54, 1.807) is 0 Å². The summed E-state index contributed by atoms with van der Waals surface area (Å²) in [4.78, 5) is 0. The second kappa shape index (κ2) is 5.90. The summed E-state index contributed by atoms with van der Waals surface area (Å²) >= 11 is -1.51. The summed E-state index contributed by atoms with van der Waals surface area (Å²) in [6.45, 7) is 2.23. The van der Waals surface area contributed by atoms with Crippen molar-refractivity contribution in [1.29, 1.82) is 0 Å². The zero-order valence-corrected chi connectivity index (χ0v) is 11.8. The summed E-state index contributed by atoms with van der Waals surface area (Å²) in [5.41, 5.74) is 7.25. The standard InChI is InChI=1S/C13H17N3O3S/c14-13-12-10(15-20(17)16-13)2-1-3-11(12)19-8-9-4-6-18-7-5-9/h1-3,9,15H,4-8H2,(H2,14,16). The van der Waals surface area contributed by atoms with Gasteiger partial charge in [0.1, 0.15) is 5.75 Å². The van der Waals surface area contributed by atoms with Gasteiger partial charge in [0.15, 0.2) is 5.84 Å². The van der Waals surface area contributed by atoms with E-state index in [1.165, 1.54) is 0 Å². The topological polar surface area (TPSA) is 91.9 Å². The lowest BCUT2D eigenvalue weighted by molar-refractivity contribution is 0.0497. The first-order valence-electron chi connectivity index (χ1n) is 6.60. The molecule has 108 valence electrons. The molecule has 6 nitrogen and oxygen atoms in total. The zero-order valence-electron chi connectivity index (χ0n) is 11.0. The highest BCUT2D eigenvalue weighted by molar-refractivity contribution is 7.91. The molecule has 2 aliphatic heterocycles. The molecule has 1 aromatic rings. The molecule has 7 heteroatoms. The van der Waals surface area contributed by atoms with Crippen molar-refractivity contribution in [3.8, 4) is 5.75 Å². The molecule has 20 heavy (non-hydrogen) atoms. The number of ether oxygens (including phenoxy) is 2. The fourth-order valence-electron chi connectivity index (χ4n) is 2.37. The summed E-state index contributed by atoms with van der Waals surface area (Å²) in [6.07, 6.45) is 2.03. The summed E-state index contributed by atoms with van der Waals surface area (Å²) in [6, 6.07) is 5.52. The third kappa shape index (κ3) is 2.84. The monoisotopic (exact) mass is 295 g/mol. The van der Waals surface area contributed by atoms with E-state index < -0.39 is 11.5 Å². The maximum Gasteiger partial charge on any atom is 0.222 e. The highest BCUT2D eigenvalue weighted by atomic mass is 32.2. The van der Waals surface area contributed by atoms with Crippen LogP contribution in [0.5, 0.6) is 5.75 Å². The molecule has 1 fully saturated rings. The largest absolute Gasteiger partial charge is 0.566 e. The molecule has 1 unspecified atom stereocenters. The molecule has 3 rings (SSSR count). The number of amidine groups is 1. The van der Waals surface area contributed by atoms with Crippen LogP contribution in [0, 0.1) is 5.92 Å². The average molecular weight is 295 g/mol. The van der Waals surface area contributed by atoms with Crippen LogP contribution in [0.3, 0.4) is 0 Å². The van der Waals surface area contributed by atoms with E-state index in [0.29, 0.717) is 29.5 Å². The van der Waals surface area contributed by atoms with Crippen LogP contribution in [0.2, 0.25) is 0 Å². The molecule has 1 atom stereocenters. The van der Waals surface area contributed by atoms with E-state index in [4.69, 9.17) is 15.2 Å². The molecule has 0 aliphatic carbocycles. The van der Waals surface area contributed by atoms with Crippen LogP contribution in [-0.2, 0) is 16.3 Å². The molecule has 0 aromatic heterocycles. The van der Waals surface area contributed by atoms with Crippen LogP contribution in [0.25, 0.3) is 0 Å². The van der Waals surface area contributed by atoms with Gasteiger partial charge < -0.3 is 19.8 Å². The molecule has 1 aromatic carbocycles. The van der Waals surface area contributed by atoms with E-state index in [-0.39, 0.29) is 5.84 Å². The number of fused-ring (bicyclic) bond motifs is 1. The van der Waals surface area contributed by atoms with Crippen molar-refractivity contribution in [1.82, 2.24) is 0 Å². The summed E-state index contributed by atoms with van der Waals surface area (Å²) in [5, 5.41) is 0. The van der Waals surface area contributed by atoms with Crippen molar-refractivity contribution in [2.24, 2.45) is 16.0 Å². The van der Waals surface area contributed by atoms with Gasteiger partial charge in [-0.1, -0.05) is 6.07 Å². The summed E-state index contributed by atoms with van der Waals surface area (Å²) < 4.78 is 29.3. The van der Waals surface area contributed by atoms with Gasteiger partial charge in [-0.15, -0.1) is 0 Å². The van der Waals surface area contributed by atoms with Gasteiger partial charge in [0, 0.05) is 13.2 Å². The smallest absolute Gasteiger partial charge is 0.222 e. The lowest BCUT2D eigenvalue weighted by Gasteiger charge is -2.24. The highest BCUT2D eigenvalue weighted by Gasteiger charge is 2.25. The minimum atomic E-state index is -1.51. The Hall–Kier alpha value is -1.44. The van der Waals surface area contributed by atoms with E-state index in [1.807, 2.05) is 18.2 Å². The Bertz CT molecular complexity index is 518. The fraction of sp³-hybridized carbons (Fsp3) is 0.462. The molecule has 3 N–H and O–H groups in total. The highest BCUT2D eigenvalue weighted by Crippen LogP contribution is 2.31. The lowest BCUT2D eigenvalue weighted by atomic mass is 10.0. The van der Waals surface area contributed by atoms with Crippen LogP contribution >= 0.6 is 0 Å². The second-order valence-corrected chi connectivity index (χ2v) is 5.76. The maximum atomic E-state index is 11.4. The molecule has 2 heterocycles. The third-order valence-corrected chi connectivity index (χ3v) is 4.23. The van der Waals surface area contributed by atoms with Gasteiger partial charge in [0.25, 0.3) is 0 Å². The Labute approximate surface area is 120 Å². The fourth-order valence-corrected chi connectivity index (χ4v) is 3.05. The lowest BCUT2D eigenvalue weighted by Crippen LogP contribution is -2.28. The number of nitrogens with one attached hydrogen (secondary N) is 1. The van der Waals surface area contributed by atoms with Crippen molar-refractivity contribution >= 4 is 23.1 Å². The number of nitrogens with zero attached hydrogens (tertiary/aromatic N) is 1. The molecule has 0 bridgehead atoms. The van der Waals surface area contributed by atoms with Crippen molar-refractivity contribution in [3.63, 3.8) is 0 Å².